The molecule has 0 bridgehead atoms. The van der Waals surface area contributed by atoms with Crippen molar-refractivity contribution in [2.24, 2.45) is 5.73 Å². The molecule has 1 aliphatic heterocycles. The minimum absolute atomic E-state index is 0. The second kappa shape index (κ2) is 7.93. The molecule has 1 atom stereocenters. The first-order chi connectivity index (χ1) is 7.94. The first-order valence-corrected chi connectivity index (χ1v) is 7.77. The van der Waals surface area contributed by atoms with Crippen LogP contribution in [0.25, 0.3) is 0 Å². The first kappa shape index (κ1) is 17.6. The molecule has 1 fully saturated rings. The second-order valence-corrected chi connectivity index (χ2v) is 6.23. The Kier molecular flexibility index (Phi) is 7.77. The molecule has 0 aromatic heterocycles. The molecule has 1 rings (SSSR count). The highest BCUT2D eigenvalue weighted by Crippen LogP contribution is 2.19. The molecule has 108 valence electrons. The summed E-state index contributed by atoms with van der Waals surface area (Å²) in [5, 5.41) is 0. The van der Waals surface area contributed by atoms with Crippen LogP contribution in [0.3, 0.4) is 0 Å². The smallest absolute Gasteiger partial charge is 0.236 e. The summed E-state index contributed by atoms with van der Waals surface area (Å²) in [7, 11) is -3.15. The van der Waals surface area contributed by atoms with Crippen molar-refractivity contribution in [2.75, 3.05) is 25.9 Å². The van der Waals surface area contributed by atoms with Crippen molar-refractivity contribution < 1.29 is 13.2 Å². The van der Waals surface area contributed by atoms with Crippen LogP contribution in [0.5, 0.6) is 0 Å². The third-order valence-electron chi connectivity index (χ3n) is 2.96. The average Bonchev–Trinajstić information content (AvgIpc) is 2.27. The lowest BCUT2D eigenvalue weighted by molar-refractivity contribution is -0.133. The van der Waals surface area contributed by atoms with E-state index in [9.17, 15) is 13.2 Å². The van der Waals surface area contributed by atoms with Crippen LogP contribution in [0.2, 0.25) is 0 Å². The number of carbonyl (C=O) groups is 1. The summed E-state index contributed by atoms with van der Waals surface area (Å²) in [5.74, 6) is -0.0472. The van der Waals surface area contributed by atoms with Gasteiger partial charge >= 0.3 is 0 Å². The third kappa shape index (κ3) is 5.99. The molecule has 3 N–H and O–H groups in total. The highest BCUT2D eigenvalue weighted by molar-refractivity contribution is 7.88. The minimum atomic E-state index is -3.15. The molecule has 18 heavy (non-hydrogen) atoms. The Bertz CT molecular complexity index is 361. The van der Waals surface area contributed by atoms with Crippen LogP contribution in [0.4, 0.5) is 0 Å². The molecule has 0 radical (unpaired) electrons. The molecule has 0 aromatic carbocycles. The van der Waals surface area contributed by atoms with Crippen molar-refractivity contribution in [3.63, 3.8) is 0 Å². The number of likely N-dealkylation sites (tertiary alicyclic amines) is 1. The molecule has 1 saturated heterocycles. The monoisotopic (exact) mass is 299 g/mol. The Balaban J connectivity index is 0.00000289. The number of hydrogen-bond acceptors (Lipinski definition) is 4. The first-order valence-electron chi connectivity index (χ1n) is 5.88. The summed E-state index contributed by atoms with van der Waals surface area (Å²) in [6.07, 6.45) is 4.80. The van der Waals surface area contributed by atoms with E-state index in [4.69, 9.17) is 5.73 Å². The van der Waals surface area contributed by atoms with Gasteiger partial charge in [-0.05, 0) is 25.7 Å². The van der Waals surface area contributed by atoms with Crippen LogP contribution in [0, 0.1) is 0 Å². The molecular formula is C10H22ClN3O3S. The maximum absolute atomic E-state index is 11.6. The van der Waals surface area contributed by atoms with Crippen LogP contribution >= 0.6 is 12.4 Å². The summed E-state index contributed by atoms with van der Waals surface area (Å²) >= 11 is 0. The molecule has 0 saturated carbocycles. The molecule has 1 amide bonds. The van der Waals surface area contributed by atoms with Gasteiger partial charge in [0.15, 0.2) is 0 Å². The fourth-order valence-corrected chi connectivity index (χ4v) is 2.65. The van der Waals surface area contributed by atoms with Gasteiger partial charge in [0.2, 0.25) is 15.9 Å². The highest BCUT2D eigenvalue weighted by Gasteiger charge is 2.25. The van der Waals surface area contributed by atoms with Crippen LogP contribution in [0.15, 0.2) is 0 Å². The fourth-order valence-electron chi connectivity index (χ4n) is 2.16. The normalized spacial score (nSPS) is 20.3. The summed E-state index contributed by atoms with van der Waals surface area (Å²) in [5.41, 5.74) is 5.36. The third-order valence-corrected chi connectivity index (χ3v) is 3.69. The van der Waals surface area contributed by atoms with Gasteiger partial charge in [0, 0.05) is 19.1 Å². The lowest BCUT2D eigenvalue weighted by atomic mass is 9.99. The van der Waals surface area contributed by atoms with Gasteiger partial charge in [0.25, 0.3) is 0 Å². The van der Waals surface area contributed by atoms with E-state index in [1.165, 1.54) is 0 Å². The average molecular weight is 300 g/mol. The largest absolute Gasteiger partial charge is 0.339 e. The number of carbonyl (C=O) groups excluding carboxylic acids is 1. The van der Waals surface area contributed by atoms with Gasteiger partial charge in [-0.2, -0.15) is 0 Å². The predicted molar refractivity (Wildman–Crippen MR) is 73.1 cm³/mol. The number of sulfonamides is 1. The van der Waals surface area contributed by atoms with Crippen molar-refractivity contribution in [3.8, 4) is 0 Å². The van der Waals surface area contributed by atoms with Crippen molar-refractivity contribution in [3.05, 3.63) is 0 Å². The highest BCUT2D eigenvalue weighted by atomic mass is 35.5. The molecule has 1 heterocycles. The number of piperidine rings is 1. The van der Waals surface area contributed by atoms with E-state index in [1.807, 2.05) is 0 Å². The maximum Gasteiger partial charge on any atom is 0.236 e. The lowest BCUT2D eigenvalue weighted by Gasteiger charge is -2.35. The SMILES string of the molecule is CS(=O)(=O)NCCC1CCCCN1C(=O)CN.Cl. The zero-order valence-electron chi connectivity index (χ0n) is 10.6. The molecular weight excluding hydrogens is 278 g/mol. The zero-order valence-corrected chi connectivity index (χ0v) is 12.2. The van der Waals surface area contributed by atoms with E-state index in [0.29, 0.717) is 13.0 Å². The minimum Gasteiger partial charge on any atom is -0.339 e. The van der Waals surface area contributed by atoms with Gasteiger partial charge in [-0.3, -0.25) is 4.79 Å². The quantitative estimate of drug-likeness (QED) is 0.728. The van der Waals surface area contributed by atoms with E-state index in [2.05, 4.69) is 4.72 Å². The standard InChI is InChI=1S/C10H21N3O3S.ClH/c1-17(15,16)12-6-5-9-4-2-3-7-13(9)10(14)8-11;/h9,12H,2-8,11H2,1H3;1H. The van der Waals surface area contributed by atoms with Gasteiger partial charge in [-0.25, -0.2) is 13.1 Å². The second-order valence-electron chi connectivity index (χ2n) is 4.40. The molecule has 1 unspecified atom stereocenters. The molecule has 0 spiro atoms. The molecule has 0 aliphatic carbocycles. The Morgan fingerprint density at radius 3 is 2.67 bits per heavy atom. The maximum atomic E-state index is 11.6. The van der Waals surface area contributed by atoms with E-state index in [1.54, 1.807) is 4.90 Å². The number of rotatable bonds is 5. The van der Waals surface area contributed by atoms with E-state index >= 15 is 0 Å². The van der Waals surface area contributed by atoms with Crippen LogP contribution in [0.1, 0.15) is 25.7 Å². The Labute approximate surface area is 115 Å². The van der Waals surface area contributed by atoms with Crippen molar-refractivity contribution in [1.29, 1.82) is 0 Å². The van der Waals surface area contributed by atoms with Crippen molar-refractivity contribution in [1.82, 2.24) is 9.62 Å². The summed E-state index contributed by atoms with van der Waals surface area (Å²) in [6.45, 7) is 1.13. The van der Waals surface area contributed by atoms with Crippen molar-refractivity contribution in [2.45, 2.75) is 31.7 Å². The number of hydrogen-bond donors (Lipinski definition) is 2. The molecule has 8 heteroatoms. The number of nitrogens with one attached hydrogen (secondary N) is 1. The number of nitrogens with two attached hydrogens (primary N) is 1. The number of halogens is 1. The van der Waals surface area contributed by atoms with Gasteiger partial charge in [-0.15, -0.1) is 12.4 Å². The van der Waals surface area contributed by atoms with Gasteiger partial charge in [0.05, 0.1) is 12.8 Å². The fraction of sp³-hybridized carbons (Fsp3) is 0.900. The van der Waals surface area contributed by atoms with E-state index < -0.39 is 10.0 Å². The summed E-state index contributed by atoms with van der Waals surface area (Å²) < 4.78 is 24.3. The van der Waals surface area contributed by atoms with Gasteiger partial charge in [-0.1, -0.05) is 0 Å². The van der Waals surface area contributed by atoms with Crippen LogP contribution in [-0.4, -0.2) is 51.2 Å². The Morgan fingerprint density at radius 1 is 1.44 bits per heavy atom. The summed E-state index contributed by atoms with van der Waals surface area (Å²) in [6, 6.07) is 0.119. The Morgan fingerprint density at radius 2 is 2.11 bits per heavy atom. The van der Waals surface area contributed by atoms with Crippen LogP contribution in [-0.2, 0) is 14.8 Å². The topological polar surface area (TPSA) is 92.5 Å². The van der Waals surface area contributed by atoms with Gasteiger partial charge < -0.3 is 10.6 Å². The molecule has 0 aromatic rings. The van der Waals surface area contributed by atoms with Crippen LogP contribution < -0.4 is 10.5 Å². The molecule has 6 nitrogen and oxygen atoms in total. The number of amides is 1. The lowest BCUT2D eigenvalue weighted by Crippen LogP contribution is -2.47. The van der Waals surface area contributed by atoms with Gasteiger partial charge in [0.1, 0.15) is 0 Å². The number of nitrogens with zero attached hydrogens (tertiary/aromatic N) is 1. The van der Waals surface area contributed by atoms with E-state index in [-0.39, 0.29) is 30.9 Å². The van der Waals surface area contributed by atoms with E-state index in [0.717, 1.165) is 32.1 Å². The predicted octanol–water partition coefficient (Wildman–Crippen LogP) is -0.313. The van der Waals surface area contributed by atoms with Crippen molar-refractivity contribution >= 4 is 28.3 Å². The Hall–Kier alpha value is -0.370. The zero-order chi connectivity index (χ0) is 12.9. The summed E-state index contributed by atoms with van der Waals surface area (Å²) in [4.78, 5) is 13.4. The molecule has 1 aliphatic rings.